The largest absolute Gasteiger partial charge is 0.396 e. The van der Waals surface area contributed by atoms with Gasteiger partial charge >= 0.3 is 0 Å². The molecule has 0 saturated heterocycles. The topological polar surface area (TPSA) is 75.1 Å². The molecule has 1 unspecified atom stereocenters. The summed E-state index contributed by atoms with van der Waals surface area (Å²) >= 11 is 0. The Kier molecular flexibility index (Phi) is 10.0. The van der Waals surface area contributed by atoms with Crippen LogP contribution in [0.5, 0.6) is 0 Å². The number of methoxy groups -OCH3 is 1. The normalized spacial score (nSPS) is 13.0. The highest BCUT2D eigenvalue weighted by Gasteiger charge is 2.10. The van der Waals surface area contributed by atoms with Crippen molar-refractivity contribution in [1.82, 2.24) is 10.6 Å². The van der Waals surface area contributed by atoms with Crippen LogP contribution in [0.3, 0.4) is 0 Å². The molecule has 1 aromatic rings. The fourth-order valence-electron chi connectivity index (χ4n) is 1.94. The van der Waals surface area contributed by atoms with Crippen LogP contribution < -0.4 is 10.6 Å². The van der Waals surface area contributed by atoms with E-state index in [-0.39, 0.29) is 12.5 Å². The van der Waals surface area contributed by atoms with Crippen LogP contribution in [0.25, 0.3) is 0 Å². The lowest BCUT2D eigenvalue weighted by molar-refractivity contribution is 0.0733. The summed E-state index contributed by atoms with van der Waals surface area (Å²) in [6.07, 6.45) is 0. The lowest BCUT2D eigenvalue weighted by Gasteiger charge is -2.18. The third kappa shape index (κ3) is 7.40. The van der Waals surface area contributed by atoms with Crippen molar-refractivity contribution in [2.45, 2.75) is 5.92 Å². The third-order valence-corrected chi connectivity index (χ3v) is 3.20. The number of aliphatic hydroxyl groups excluding tert-OH is 1. The van der Waals surface area contributed by atoms with Gasteiger partial charge in [-0.1, -0.05) is 30.3 Å². The van der Waals surface area contributed by atoms with Crippen LogP contribution in [0.1, 0.15) is 11.5 Å². The number of nitrogens with zero attached hydrogens (tertiary/aromatic N) is 1. The van der Waals surface area contributed by atoms with Gasteiger partial charge in [-0.2, -0.15) is 0 Å². The van der Waals surface area contributed by atoms with E-state index in [1.54, 1.807) is 14.2 Å². The van der Waals surface area contributed by atoms with Crippen molar-refractivity contribution < 1.29 is 14.6 Å². The molecule has 0 fully saturated rings. The lowest BCUT2D eigenvalue weighted by Crippen LogP contribution is -2.41. The van der Waals surface area contributed by atoms with Gasteiger partial charge in [0.25, 0.3) is 0 Å². The number of benzene rings is 1. The van der Waals surface area contributed by atoms with Crippen LogP contribution in [0.4, 0.5) is 0 Å². The Hall–Kier alpha value is -1.63. The molecule has 0 spiro atoms. The Balaban J connectivity index is 2.28. The molecule has 0 bridgehead atoms. The van der Waals surface area contributed by atoms with Crippen LogP contribution in [-0.4, -0.2) is 64.7 Å². The summed E-state index contributed by atoms with van der Waals surface area (Å²) in [5.74, 6) is 0.738. The van der Waals surface area contributed by atoms with E-state index >= 15 is 0 Å². The number of aliphatic imine (C=N–C) groups is 1. The summed E-state index contributed by atoms with van der Waals surface area (Å²) in [7, 11) is 3.37. The highest BCUT2D eigenvalue weighted by atomic mass is 16.5. The van der Waals surface area contributed by atoms with E-state index in [1.807, 2.05) is 30.3 Å². The van der Waals surface area contributed by atoms with Gasteiger partial charge in [0.05, 0.1) is 26.4 Å². The van der Waals surface area contributed by atoms with Gasteiger partial charge in [-0.05, 0) is 5.56 Å². The van der Waals surface area contributed by atoms with E-state index in [2.05, 4.69) is 15.6 Å². The summed E-state index contributed by atoms with van der Waals surface area (Å²) in [6, 6.07) is 9.95. The quantitative estimate of drug-likeness (QED) is 0.335. The number of hydrogen-bond acceptors (Lipinski definition) is 4. The molecular weight excluding hydrogens is 282 g/mol. The Bertz CT molecular complexity index is 412. The molecule has 0 amide bonds. The number of hydrogen-bond donors (Lipinski definition) is 3. The summed E-state index contributed by atoms with van der Waals surface area (Å²) in [5, 5.41) is 15.9. The first kappa shape index (κ1) is 18.4. The molecule has 0 aromatic heterocycles. The summed E-state index contributed by atoms with van der Waals surface area (Å²) in [4.78, 5) is 4.15. The van der Waals surface area contributed by atoms with E-state index < -0.39 is 0 Å². The van der Waals surface area contributed by atoms with Gasteiger partial charge in [0.1, 0.15) is 0 Å². The minimum Gasteiger partial charge on any atom is -0.396 e. The Morgan fingerprint density at radius 1 is 1.18 bits per heavy atom. The first-order valence-corrected chi connectivity index (χ1v) is 7.48. The number of ether oxygens (including phenoxy) is 2. The van der Waals surface area contributed by atoms with Crippen LogP contribution in [0, 0.1) is 0 Å². The minimum absolute atomic E-state index is 0.0395. The molecule has 22 heavy (non-hydrogen) atoms. The molecule has 6 heteroatoms. The third-order valence-electron chi connectivity index (χ3n) is 3.20. The van der Waals surface area contributed by atoms with Gasteiger partial charge in [-0.15, -0.1) is 0 Å². The molecule has 1 rings (SSSR count). The predicted octanol–water partition coefficient (Wildman–Crippen LogP) is 0.591. The molecular formula is C16H27N3O3. The van der Waals surface area contributed by atoms with Crippen molar-refractivity contribution in [1.29, 1.82) is 0 Å². The van der Waals surface area contributed by atoms with Gasteiger partial charge in [0.2, 0.25) is 0 Å². The molecule has 0 heterocycles. The van der Waals surface area contributed by atoms with E-state index in [0.29, 0.717) is 38.9 Å². The van der Waals surface area contributed by atoms with Crippen molar-refractivity contribution in [2.24, 2.45) is 4.99 Å². The zero-order valence-electron chi connectivity index (χ0n) is 13.4. The number of rotatable bonds is 10. The van der Waals surface area contributed by atoms with Gasteiger partial charge in [0.15, 0.2) is 5.96 Å². The van der Waals surface area contributed by atoms with Crippen molar-refractivity contribution in [3.05, 3.63) is 35.9 Å². The van der Waals surface area contributed by atoms with E-state index in [0.717, 1.165) is 5.56 Å². The molecule has 0 aliphatic rings. The van der Waals surface area contributed by atoms with Crippen LogP contribution in [0.2, 0.25) is 0 Å². The molecule has 1 atom stereocenters. The highest BCUT2D eigenvalue weighted by Crippen LogP contribution is 2.13. The molecule has 0 aliphatic carbocycles. The predicted molar refractivity (Wildman–Crippen MR) is 88.3 cm³/mol. The Labute approximate surface area is 132 Å². The highest BCUT2D eigenvalue weighted by molar-refractivity contribution is 5.79. The average Bonchev–Trinajstić information content (AvgIpc) is 2.57. The van der Waals surface area contributed by atoms with Gasteiger partial charge in [0, 0.05) is 33.2 Å². The second-order valence-corrected chi connectivity index (χ2v) is 4.78. The van der Waals surface area contributed by atoms with Gasteiger partial charge in [-0.3, -0.25) is 4.99 Å². The molecule has 3 N–H and O–H groups in total. The smallest absolute Gasteiger partial charge is 0.191 e. The summed E-state index contributed by atoms with van der Waals surface area (Å²) in [5.41, 5.74) is 1.11. The molecule has 1 aromatic carbocycles. The van der Waals surface area contributed by atoms with E-state index in [9.17, 15) is 5.11 Å². The first-order valence-electron chi connectivity index (χ1n) is 7.48. The summed E-state index contributed by atoms with van der Waals surface area (Å²) < 4.78 is 10.3. The molecule has 6 nitrogen and oxygen atoms in total. The fraction of sp³-hybridized carbons (Fsp3) is 0.562. The molecule has 0 saturated carbocycles. The SMILES string of the molecule is CN=C(NCCOCCOC)NCC(CO)c1ccccc1. The first-order chi connectivity index (χ1) is 10.8. The molecule has 0 aliphatic heterocycles. The van der Waals surface area contributed by atoms with Crippen molar-refractivity contribution >= 4 is 5.96 Å². The van der Waals surface area contributed by atoms with Crippen molar-refractivity contribution in [2.75, 3.05) is 53.7 Å². The summed E-state index contributed by atoms with van der Waals surface area (Å²) in [6.45, 7) is 3.15. The number of guanidine groups is 1. The zero-order chi connectivity index (χ0) is 16.0. The second kappa shape index (κ2) is 12.0. The standard InChI is InChI=1S/C16H27N3O3/c1-17-16(18-8-9-22-11-10-21-2)19-12-15(13-20)14-6-4-3-5-7-14/h3-7,15,20H,8-13H2,1-2H3,(H2,17,18,19). The monoisotopic (exact) mass is 309 g/mol. The minimum atomic E-state index is 0.0395. The Morgan fingerprint density at radius 3 is 2.59 bits per heavy atom. The van der Waals surface area contributed by atoms with E-state index in [4.69, 9.17) is 9.47 Å². The second-order valence-electron chi connectivity index (χ2n) is 4.78. The maximum absolute atomic E-state index is 9.53. The molecule has 0 radical (unpaired) electrons. The van der Waals surface area contributed by atoms with E-state index in [1.165, 1.54) is 0 Å². The van der Waals surface area contributed by atoms with Crippen LogP contribution in [0.15, 0.2) is 35.3 Å². The zero-order valence-corrected chi connectivity index (χ0v) is 13.4. The fourth-order valence-corrected chi connectivity index (χ4v) is 1.94. The van der Waals surface area contributed by atoms with Crippen LogP contribution in [-0.2, 0) is 9.47 Å². The van der Waals surface area contributed by atoms with Crippen LogP contribution >= 0.6 is 0 Å². The lowest BCUT2D eigenvalue weighted by atomic mass is 10.0. The number of nitrogens with one attached hydrogen (secondary N) is 2. The average molecular weight is 309 g/mol. The molecule has 124 valence electrons. The maximum Gasteiger partial charge on any atom is 0.191 e. The Morgan fingerprint density at radius 2 is 1.95 bits per heavy atom. The van der Waals surface area contributed by atoms with Crippen molar-refractivity contribution in [3.63, 3.8) is 0 Å². The van der Waals surface area contributed by atoms with Gasteiger partial charge in [-0.25, -0.2) is 0 Å². The van der Waals surface area contributed by atoms with Crippen molar-refractivity contribution in [3.8, 4) is 0 Å². The van der Waals surface area contributed by atoms with Gasteiger partial charge < -0.3 is 25.2 Å². The maximum atomic E-state index is 9.53. The number of aliphatic hydroxyl groups is 1.